The van der Waals surface area contributed by atoms with Gasteiger partial charge in [0.15, 0.2) is 11.5 Å². The topological polar surface area (TPSA) is 50.8 Å². The van der Waals surface area contributed by atoms with Crippen molar-refractivity contribution in [1.82, 2.24) is 4.90 Å². The van der Waals surface area contributed by atoms with E-state index < -0.39 is 0 Å². The molecule has 2 aromatic rings. The average Bonchev–Trinajstić information content (AvgIpc) is 2.76. The number of thiol groups is 1. The Balaban J connectivity index is 1.75. The lowest BCUT2D eigenvalue weighted by molar-refractivity contribution is 0.0660. The number of nitrogens with one attached hydrogen (secondary N) is 1. The first-order valence-corrected chi connectivity index (χ1v) is 8.23. The number of fused-ring (bicyclic) bond motifs is 3. The lowest BCUT2D eigenvalue weighted by Crippen LogP contribution is -2.45. The summed E-state index contributed by atoms with van der Waals surface area (Å²) >= 11 is 3.86. The number of carbonyl (C=O) groups excluding carboxylic acids is 1. The zero-order valence-corrected chi connectivity index (χ0v) is 14.2. The highest BCUT2D eigenvalue weighted by atomic mass is 32.1. The maximum Gasteiger partial charge on any atom is 0.256 e. The van der Waals surface area contributed by atoms with Crippen LogP contribution in [0.3, 0.4) is 0 Å². The van der Waals surface area contributed by atoms with Crippen LogP contribution in [0.15, 0.2) is 36.4 Å². The molecule has 5 nitrogen and oxygen atoms in total. The average molecular weight is 342 g/mol. The zero-order chi connectivity index (χ0) is 16.7. The number of amides is 1. The quantitative estimate of drug-likeness (QED) is 0.651. The molecule has 2 heterocycles. The van der Waals surface area contributed by atoms with E-state index in [2.05, 4.69) is 36.4 Å². The SMILES string of the molecule is COc1cc2c(cc1OS)NC[C@@H]1Cc3ccccc3CN1C2=O. The molecule has 0 saturated carbocycles. The molecule has 2 aliphatic rings. The summed E-state index contributed by atoms with van der Waals surface area (Å²) in [4.78, 5) is 15.1. The Morgan fingerprint density at radius 3 is 2.75 bits per heavy atom. The molecule has 2 aliphatic heterocycles. The molecular weight excluding hydrogens is 324 g/mol. The molecule has 4 rings (SSSR count). The third-order valence-corrected chi connectivity index (χ3v) is 4.97. The Hall–Kier alpha value is -2.34. The van der Waals surface area contributed by atoms with Crippen LogP contribution in [0.1, 0.15) is 21.5 Å². The summed E-state index contributed by atoms with van der Waals surface area (Å²) in [6.45, 7) is 1.33. The van der Waals surface area contributed by atoms with Crippen LogP contribution in [0.2, 0.25) is 0 Å². The van der Waals surface area contributed by atoms with Gasteiger partial charge in [-0.2, -0.15) is 0 Å². The summed E-state index contributed by atoms with van der Waals surface area (Å²) in [5, 5.41) is 3.38. The van der Waals surface area contributed by atoms with Gasteiger partial charge < -0.3 is 19.1 Å². The molecule has 1 atom stereocenters. The minimum absolute atomic E-state index is 0.0125. The number of anilines is 1. The number of nitrogens with zero attached hydrogens (tertiary/aromatic N) is 1. The second kappa shape index (κ2) is 5.94. The second-order valence-electron chi connectivity index (χ2n) is 6.08. The molecule has 0 bridgehead atoms. The third kappa shape index (κ3) is 2.38. The van der Waals surface area contributed by atoms with Gasteiger partial charge >= 0.3 is 0 Å². The van der Waals surface area contributed by atoms with Crippen LogP contribution < -0.4 is 14.2 Å². The van der Waals surface area contributed by atoms with Crippen LogP contribution in [0.25, 0.3) is 0 Å². The van der Waals surface area contributed by atoms with Crippen molar-refractivity contribution in [3.05, 3.63) is 53.1 Å². The number of hydrogen-bond donors (Lipinski definition) is 2. The van der Waals surface area contributed by atoms with Crippen LogP contribution in [0.5, 0.6) is 11.5 Å². The first-order valence-electron chi connectivity index (χ1n) is 7.86. The minimum atomic E-state index is 0.0125. The first kappa shape index (κ1) is 15.2. The van der Waals surface area contributed by atoms with Gasteiger partial charge in [0, 0.05) is 32.1 Å². The molecule has 0 radical (unpaired) electrons. The van der Waals surface area contributed by atoms with Crippen LogP contribution in [-0.2, 0) is 13.0 Å². The summed E-state index contributed by atoms with van der Waals surface area (Å²) in [5.41, 5.74) is 3.88. The molecule has 1 amide bonds. The highest BCUT2D eigenvalue weighted by molar-refractivity contribution is 7.75. The van der Waals surface area contributed by atoms with Crippen molar-refractivity contribution in [2.45, 2.75) is 19.0 Å². The molecule has 0 aromatic heterocycles. The van der Waals surface area contributed by atoms with E-state index in [1.54, 1.807) is 19.2 Å². The van der Waals surface area contributed by atoms with Crippen LogP contribution in [0.4, 0.5) is 5.69 Å². The number of rotatable bonds is 2. The van der Waals surface area contributed by atoms with Gasteiger partial charge in [0.05, 0.1) is 24.4 Å². The van der Waals surface area contributed by atoms with E-state index in [-0.39, 0.29) is 11.9 Å². The van der Waals surface area contributed by atoms with E-state index in [1.807, 2.05) is 11.0 Å². The fraction of sp³-hybridized carbons (Fsp3) is 0.278. The molecular formula is C18H18N2O3S. The molecule has 0 spiro atoms. The maximum absolute atomic E-state index is 13.1. The van der Waals surface area contributed by atoms with Crippen LogP contribution >= 0.6 is 12.9 Å². The largest absolute Gasteiger partial charge is 0.493 e. The Bertz CT molecular complexity index is 809. The Morgan fingerprint density at radius 1 is 1.21 bits per heavy atom. The molecule has 24 heavy (non-hydrogen) atoms. The molecule has 0 saturated heterocycles. The predicted octanol–water partition coefficient (Wildman–Crippen LogP) is 2.91. The second-order valence-corrected chi connectivity index (χ2v) is 6.26. The highest BCUT2D eigenvalue weighted by Crippen LogP contribution is 2.37. The monoisotopic (exact) mass is 342 g/mol. The predicted molar refractivity (Wildman–Crippen MR) is 94.9 cm³/mol. The van der Waals surface area contributed by atoms with Crippen LogP contribution in [-0.4, -0.2) is 30.5 Å². The van der Waals surface area contributed by atoms with Gasteiger partial charge in [-0.1, -0.05) is 24.3 Å². The van der Waals surface area contributed by atoms with E-state index in [4.69, 9.17) is 8.92 Å². The summed E-state index contributed by atoms with van der Waals surface area (Å²) in [5.74, 6) is 0.997. The van der Waals surface area contributed by atoms with Gasteiger partial charge in [-0.3, -0.25) is 4.79 Å². The van der Waals surface area contributed by atoms with Gasteiger partial charge in [0.2, 0.25) is 0 Å². The van der Waals surface area contributed by atoms with E-state index in [1.165, 1.54) is 11.1 Å². The normalized spacial score (nSPS) is 18.7. The number of hydrogen-bond acceptors (Lipinski definition) is 5. The van der Waals surface area contributed by atoms with Gasteiger partial charge in [0.1, 0.15) is 0 Å². The number of ether oxygens (including phenoxy) is 1. The maximum atomic E-state index is 13.1. The van der Waals surface area contributed by atoms with Crippen LogP contribution in [0, 0.1) is 0 Å². The summed E-state index contributed by atoms with van der Waals surface area (Å²) in [7, 11) is 1.55. The molecule has 124 valence electrons. The molecule has 0 aliphatic carbocycles. The standard InChI is InChI=1S/C18H18N2O3S/c1-22-16-7-14-15(8-17(16)23-24)19-9-13-6-11-4-2-3-5-12(11)10-20(13)18(14)21/h2-5,7-8,13,19,24H,6,9-10H2,1H3/t13-/m0/s1. The molecule has 6 heteroatoms. The highest BCUT2D eigenvalue weighted by Gasteiger charge is 2.34. The zero-order valence-electron chi connectivity index (χ0n) is 13.3. The van der Waals surface area contributed by atoms with E-state index in [0.29, 0.717) is 30.2 Å². The Kier molecular flexibility index (Phi) is 3.76. The minimum Gasteiger partial charge on any atom is -0.493 e. The van der Waals surface area contributed by atoms with Gasteiger partial charge in [-0.05, 0) is 23.6 Å². The Labute approximate surface area is 146 Å². The first-order chi connectivity index (χ1) is 11.7. The number of carbonyl (C=O) groups is 1. The molecule has 0 fully saturated rings. The van der Waals surface area contributed by atoms with Gasteiger partial charge in [-0.15, -0.1) is 0 Å². The van der Waals surface area contributed by atoms with Crippen molar-refractivity contribution in [2.24, 2.45) is 0 Å². The van der Waals surface area contributed by atoms with Crippen molar-refractivity contribution >= 4 is 24.5 Å². The van der Waals surface area contributed by atoms with Gasteiger partial charge in [-0.25, -0.2) is 0 Å². The van der Waals surface area contributed by atoms with Crippen molar-refractivity contribution in [3.63, 3.8) is 0 Å². The van der Waals surface area contributed by atoms with Crippen molar-refractivity contribution in [1.29, 1.82) is 0 Å². The Morgan fingerprint density at radius 2 is 2.00 bits per heavy atom. The van der Waals surface area contributed by atoms with Crippen molar-refractivity contribution in [3.8, 4) is 11.5 Å². The smallest absolute Gasteiger partial charge is 0.256 e. The molecule has 2 aromatic carbocycles. The lowest BCUT2D eigenvalue weighted by Gasteiger charge is -2.35. The molecule has 1 N–H and O–H groups in total. The number of methoxy groups -OCH3 is 1. The molecule has 0 unspecified atom stereocenters. The lowest BCUT2D eigenvalue weighted by atomic mass is 9.94. The fourth-order valence-corrected chi connectivity index (χ4v) is 3.65. The summed E-state index contributed by atoms with van der Waals surface area (Å²) in [6.07, 6.45) is 0.857. The van der Waals surface area contributed by atoms with Crippen molar-refractivity contribution < 1.29 is 13.7 Å². The fourth-order valence-electron chi connectivity index (χ4n) is 3.50. The third-order valence-electron chi connectivity index (χ3n) is 4.78. The van der Waals surface area contributed by atoms with E-state index in [0.717, 1.165) is 12.1 Å². The van der Waals surface area contributed by atoms with E-state index >= 15 is 0 Å². The number of benzene rings is 2. The van der Waals surface area contributed by atoms with E-state index in [9.17, 15) is 4.79 Å². The van der Waals surface area contributed by atoms with Gasteiger partial charge in [0.25, 0.3) is 5.91 Å². The summed E-state index contributed by atoms with van der Waals surface area (Å²) in [6, 6.07) is 11.9. The van der Waals surface area contributed by atoms with Crippen molar-refractivity contribution in [2.75, 3.05) is 19.0 Å². The summed E-state index contributed by atoms with van der Waals surface area (Å²) < 4.78 is 10.4.